The van der Waals surface area contributed by atoms with Crippen LogP contribution in [0.2, 0.25) is 0 Å². The van der Waals surface area contributed by atoms with Crippen molar-refractivity contribution >= 4 is 17.3 Å². The minimum atomic E-state index is -0.476. The van der Waals surface area contributed by atoms with Gasteiger partial charge in [0.05, 0.1) is 17.2 Å². The minimum absolute atomic E-state index is 0.0406. The first kappa shape index (κ1) is 18.4. The zero-order valence-corrected chi connectivity index (χ0v) is 14.2. The number of hydrogen-bond donors (Lipinski definition) is 2. The molecular formula is C17H25N3O4. The Kier molecular flexibility index (Phi) is 6.28. The predicted molar refractivity (Wildman–Crippen MR) is 91.9 cm³/mol. The highest BCUT2D eigenvalue weighted by Gasteiger charge is 2.27. The molecule has 132 valence electrons. The minimum Gasteiger partial charge on any atom is -0.395 e. The second-order valence-corrected chi connectivity index (χ2v) is 6.46. The van der Waals surface area contributed by atoms with Crippen LogP contribution in [-0.4, -0.2) is 46.6 Å². The molecule has 0 bridgehead atoms. The first-order chi connectivity index (χ1) is 11.4. The Bertz CT molecular complexity index is 605. The standard InChI is InChI=1S/C17H25N3O4/c1-12-5-6-14(20(23)24)10-15(12)18-17(22)7-9-19-8-3-4-13(2)16(19)11-21/h5-6,10,13,16,21H,3-4,7-9,11H2,1-2H3,(H,18,22). The molecule has 1 heterocycles. The molecule has 1 saturated heterocycles. The molecule has 7 nitrogen and oxygen atoms in total. The van der Waals surface area contributed by atoms with E-state index in [4.69, 9.17) is 0 Å². The zero-order valence-electron chi connectivity index (χ0n) is 14.2. The number of aliphatic hydroxyl groups excluding tert-OH is 1. The molecule has 2 N–H and O–H groups in total. The molecule has 1 aliphatic rings. The molecule has 2 unspecified atom stereocenters. The normalized spacial score (nSPS) is 21.5. The van der Waals surface area contributed by atoms with Crippen LogP contribution in [0.1, 0.15) is 31.7 Å². The molecule has 0 aliphatic carbocycles. The largest absolute Gasteiger partial charge is 0.395 e. The number of likely N-dealkylation sites (tertiary alicyclic amines) is 1. The molecule has 1 fully saturated rings. The van der Waals surface area contributed by atoms with Crippen molar-refractivity contribution in [3.63, 3.8) is 0 Å². The summed E-state index contributed by atoms with van der Waals surface area (Å²) in [5, 5.41) is 23.1. The molecule has 1 aromatic carbocycles. The molecule has 2 rings (SSSR count). The number of amides is 1. The van der Waals surface area contributed by atoms with E-state index in [1.165, 1.54) is 12.1 Å². The van der Waals surface area contributed by atoms with Gasteiger partial charge >= 0.3 is 0 Å². The van der Waals surface area contributed by atoms with Gasteiger partial charge < -0.3 is 10.4 Å². The van der Waals surface area contributed by atoms with Gasteiger partial charge in [0.1, 0.15) is 0 Å². The fourth-order valence-corrected chi connectivity index (χ4v) is 3.22. The molecular weight excluding hydrogens is 310 g/mol. The molecule has 0 radical (unpaired) electrons. The lowest BCUT2D eigenvalue weighted by Crippen LogP contribution is -2.47. The summed E-state index contributed by atoms with van der Waals surface area (Å²) in [5.41, 5.74) is 1.22. The van der Waals surface area contributed by atoms with Crippen LogP contribution in [0, 0.1) is 23.0 Å². The molecule has 1 aliphatic heterocycles. The number of rotatable bonds is 6. The van der Waals surface area contributed by atoms with Crippen molar-refractivity contribution in [2.75, 3.05) is 25.0 Å². The van der Waals surface area contributed by atoms with E-state index in [1.807, 2.05) is 0 Å². The summed E-state index contributed by atoms with van der Waals surface area (Å²) in [6.45, 7) is 5.49. The van der Waals surface area contributed by atoms with Gasteiger partial charge in [-0.1, -0.05) is 13.0 Å². The highest BCUT2D eigenvalue weighted by Crippen LogP contribution is 2.24. The first-order valence-corrected chi connectivity index (χ1v) is 8.32. The van der Waals surface area contributed by atoms with E-state index in [0.29, 0.717) is 24.6 Å². The van der Waals surface area contributed by atoms with Crippen LogP contribution in [0.5, 0.6) is 0 Å². The molecule has 7 heteroatoms. The molecule has 0 spiro atoms. The van der Waals surface area contributed by atoms with Crippen LogP contribution in [0.4, 0.5) is 11.4 Å². The zero-order chi connectivity index (χ0) is 17.7. The van der Waals surface area contributed by atoms with Crippen LogP contribution in [0.25, 0.3) is 0 Å². The summed E-state index contributed by atoms with van der Waals surface area (Å²) in [7, 11) is 0. The number of carbonyl (C=O) groups is 1. The van der Waals surface area contributed by atoms with Gasteiger partial charge in [0.15, 0.2) is 0 Å². The number of nitro benzene ring substituents is 1. The number of aliphatic hydroxyl groups is 1. The van der Waals surface area contributed by atoms with E-state index < -0.39 is 4.92 Å². The summed E-state index contributed by atoms with van der Waals surface area (Å²) >= 11 is 0. The predicted octanol–water partition coefficient (Wildman–Crippen LogP) is 2.32. The smallest absolute Gasteiger partial charge is 0.271 e. The number of benzene rings is 1. The third kappa shape index (κ3) is 4.52. The number of nitro groups is 1. The van der Waals surface area contributed by atoms with Crippen LogP contribution < -0.4 is 5.32 Å². The maximum atomic E-state index is 12.2. The van der Waals surface area contributed by atoms with E-state index in [2.05, 4.69) is 17.1 Å². The second-order valence-electron chi connectivity index (χ2n) is 6.46. The van der Waals surface area contributed by atoms with Gasteiger partial charge in [-0.05, 0) is 37.8 Å². The van der Waals surface area contributed by atoms with Crippen molar-refractivity contribution in [1.29, 1.82) is 0 Å². The van der Waals surface area contributed by atoms with Crippen molar-refractivity contribution in [3.05, 3.63) is 33.9 Å². The van der Waals surface area contributed by atoms with Gasteiger partial charge in [0.25, 0.3) is 5.69 Å². The lowest BCUT2D eigenvalue weighted by Gasteiger charge is -2.38. The third-order valence-electron chi connectivity index (χ3n) is 4.75. The molecule has 1 amide bonds. The topological polar surface area (TPSA) is 95.7 Å². The number of non-ortho nitro benzene ring substituents is 1. The third-order valence-corrected chi connectivity index (χ3v) is 4.75. The fraction of sp³-hybridized carbons (Fsp3) is 0.588. The Morgan fingerprint density at radius 2 is 2.25 bits per heavy atom. The van der Waals surface area contributed by atoms with Gasteiger partial charge in [0, 0.05) is 31.1 Å². The highest BCUT2D eigenvalue weighted by molar-refractivity contribution is 5.92. The summed E-state index contributed by atoms with van der Waals surface area (Å²) in [6, 6.07) is 4.53. The monoisotopic (exact) mass is 335 g/mol. The maximum Gasteiger partial charge on any atom is 0.271 e. The van der Waals surface area contributed by atoms with Gasteiger partial charge in [-0.2, -0.15) is 0 Å². The van der Waals surface area contributed by atoms with Crippen LogP contribution in [-0.2, 0) is 4.79 Å². The number of nitrogens with one attached hydrogen (secondary N) is 1. The van der Waals surface area contributed by atoms with Crippen molar-refractivity contribution in [2.24, 2.45) is 5.92 Å². The molecule has 1 aromatic rings. The Labute approximate surface area is 141 Å². The molecule has 0 saturated carbocycles. The van der Waals surface area contributed by atoms with E-state index >= 15 is 0 Å². The van der Waals surface area contributed by atoms with Crippen molar-refractivity contribution < 1.29 is 14.8 Å². The SMILES string of the molecule is Cc1ccc([N+](=O)[O-])cc1NC(=O)CCN1CCCC(C)C1CO. The molecule has 2 atom stereocenters. The van der Waals surface area contributed by atoms with Gasteiger partial charge in [-0.15, -0.1) is 0 Å². The molecule has 0 aromatic heterocycles. The number of aryl methyl sites for hydroxylation is 1. The first-order valence-electron chi connectivity index (χ1n) is 8.32. The fourth-order valence-electron chi connectivity index (χ4n) is 3.22. The Balaban J connectivity index is 1.94. The Morgan fingerprint density at radius 3 is 2.92 bits per heavy atom. The van der Waals surface area contributed by atoms with Crippen LogP contribution in [0.3, 0.4) is 0 Å². The number of nitrogens with zero attached hydrogens (tertiary/aromatic N) is 2. The summed E-state index contributed by atoms with van der Waals surface area (Å²) < 4.78 is 0. The quantitative estimate of drug-likeness (QED) is 0.614. The summed E-state index contributed by atoms with van der Waals surface area (Å²) in [4.78, 5) is 24.7. The van der Waals surface area contributed by atoms with Gasteiger partial charge in [0.2, 0.25) is 5.91 Å². The highest BCUT2D eigenvalue weighted by atomic mass is 16.6. The average molecular weight is 335 g/mol. The lowest BCUT2D eigenvalue weighted by atomic mass is 9.91. The van der Waals surface area contributed by atoms with Crippen molar-refractivity contribution in [1.82, 2.24) is 4.90 Å². The number of piperidine rings is 1. The Morgan fingerprint density at radius 1 is 1.50 bits per heavy atom. The lowest BCUT2D eigenvalue weighted by molar-refractivity contribution is -0.384. The summed E-state index contributed by atoms with van der Waals surface area (Å²) in [6.07, 6.45) is 2.47. The van der Waals surface area contributed by atoms with Crippen LogP contribution >= 0.6 is 0 Å². The van der Waals surface area contributed by atoms with Gasteiger partial charge in [-0.3, -0.25) is 19.8 Å². The van der Waals surface area contributed by atoms with E-state index in [-0.39, 0.29) is 24.2 Å². The number of carbonyl (C=O) groups excluding carboxylic acids is 1. The van der Waals surface area contributed by atoms with Gasteiger partial charge in [-0.25, -0.2) is 0 Å². The van der Waals surface area contributed by atoms with E-state index in [1.54, 1.807) is 13.0 Å². The van der Waals surface area contributed by atoms with Crippen LogP contribution in [0.15, 0.2) is 18.2 Å². The Hall–Kier alpha value is -1.99. The number of anilines is 1. The van der Waals surface area contributed by atoms with Crippen molar-refractivity contribution in [3.8, 4) is 0 Å². The van der Waals surface area contributed by atoms with E-state index in [9.17, 15) is 20.0 Å². The van der Waals surface area contributed by atoms with Crippen molar-refractivity contribution in [2.45, 2.75) is 39.2 Å². The van der Waals surface area contributed by atoms with E-state index in [0.717, 1.165) is 24.9 Å². The average Bonchev–Trinajstić information content (AvgIpc) is 2.54. The maximum absolute atomic E-state index is 12.2. The number of hydrogen-bond acceptors (Lipinski definition) is 5. The molecule has 24 heavy (non-hydrogen) atoms. The summed E-state index contributed by atoms with van der Waals surface area (Å²) in [5.74, 6) is 0.249. The second kappa shape index (κ2) is 8.21.